The molecule has 0 aliphatic heterocycles. The minimum atomic E-state index is -0.432. The van der Waals surface area contributed by atoms with Gasteiger partial charge < -0.3 is 9.88 Å². The van der Waals surface area contributed by atoms with Crippen molar-refractivity contribution in [2.24, 2.45) is 0 Å². The lowest BCUT2D eigenvalue weighted by Crippen LogP contribution is -2.31. The first-order valence-corrected chi connectivity index (χ1v) is 8.23. The first kappa shape index (κ1) is 16.8. The normalized spacial score (nSPS) is 10.2. The van der Waals surface area contributed by atoms with Crippen molar-refractivity contribution in [2.45, 2.75) is 25.3 Å². The molecule has 1 aromatic carbocycles. The second-order valence-corrected chi connectivity index (χ2v) is 6.01. The van der Waals surface area contributed by atoms with Crippen LogP contribution in [0, 0.1) is 25.2 Å². The van der Waals surface area contributed by atoms with Crippen LogP contribution >= 0.6 is 11.8 Å². The summed E-state index contributed by atoms with van der Waals surface area (Å²) in [5.41, 5.74) is 1.60. The van der Waals surface area contributed by atoms with Gasteiger partial charge in [0.05, 0.1) is 0 Å². The zero-order valence-corrected chi connectivity index (χ0v) is 14.0. The van der Waals surface area contributed by atoms with Crippen LogP contribution in [0.25, 0.3) is 0 Å². The molecule has 1 aromatic heterocycles. The summed E-state index contributed by atoms with van der Waals surface area (Å²) in [6.07, 6.45) is 1.96. The number of thioether (sulfide) groups is 1. The summed E-state index contributed by atoms with van der Waals surface area (Å²) in [6, 6.07) is 11.1. The molecule has 0 unspecified atom stereocenters. The van der Waals surface area contributed by atoms with Gasteiger partial charge in [0.2, 0.25) is 5.91 Å². The molecule has 0 spiro atoms. The van der Waals surface area contributed by atoms with Gasteiger partial charge in [-0.15, -0.1) is 11.8 Å². The Morgan fingerprint density at radius 2 is 2.09 bits per heavy atom. The van der Waals surface area contributed by atoms with Gasteiger partial charge in [0.15, 0.2) is 0 Å². The van der Waals surface area contributed by atoms with Gasteiger partial charge in [0.25, 0.3) is 5.56 Å². The van der Waals surface area contributed by atoms with Crippen molar-refractivity contribution in [2.75, 3.05) is 11.6 Å². The van der Waals surface area contributed by atoms with E-state index in [1.54, 1.807) is 37.7 Å². The molecule has 23 heavy (non-hydrogen) atoms. The van der Waals surface area contributed by atoms with Crippen molar-refractivity contribution in [3.05, 3.63) is 57.5 Å². The number of hydrogen-bond donors (Lipinski definition) is 1. The maximum absolute atomic E-state index is 12.3. The highest BCUT2D eigenvalue weighted by molar-refractivity contribution is 7.98. The van der Waals surface area contributed by atoms with Crippen molar-refractivity contribution >= 4 is 23.4 Å². The van der Waals surface area contributed by atoms with E-state index in [2.05, 4.69) is 5.32 Å². The quantitative estimate of drug-likeness (QED) is 0.876. The van der Waals surface area contributed by atoms with E-state index in [0.717, 1.165) is 4.90 Å². The standard InChI is InChI=1S/C17H17N3O2S/c1-11-7-12(2)20(17(22)15(11)9-18)10-16(21)19-13-5-4-6-14(8-13)23-3/h4-8H,10H2,1-3H3,(H,19,21). The molecule has 0 bridgehead atoms. The average molecular weight is 327 g/mol. The number of rotatable bonds is 4. The van der Waals surface area contributed by atoms with E-state index in [9.17, 15) is 9.59 Å². The number of amides is 1. The molecule has 0 aliphatic carbocycles. The fourth-order valence-electron chi connectivity index (χ4n) is 2.30. The topological polar surface area (TPSA) is 74.9 Å². The van der Waals surface area contributed by atoms with Crippen molar-refractivity contribution < 1.29 is 4.79 Å². The second kappa shape index (κ2) is 7.16. The maximum Gasteiger partial charge on any atom is 0.269 e. The van der Waals surface area contributed by atoms with Crippen molar-refractivity contribution in [1.82, 2.24) is 4.57 Å². The Labute approximate surface area is 138 Å². The molecule has 1 amide bonds. The van der Waals surface area contributed by atoms with Crippen molar-refractivity contribution in [3.8, 4) is 6.07 Å². The number of pyridine rings is 1. The molecular formula is C17H17N3O2S. The molecule has 1 heterocycles. The number of carbonyl (C=O) groups excluding carboxylic acids is 1. The number of hydrogen-bond acceptors (Lipinski definition) is 4. The average Bonchev–Trinajstić information content (AvgIpc) is 2.52. The molecule has 0 fully saturated rings. The van der Waals surface area contributed by atoms with Crippen LogP contribution < -0.4 is 10.9 Å². The molecule has 0 aliphatic rings. The van der Waals surface area contributed by atoms with Crippen LogP contribution in [-0.2, 0) is 11.3 Å². The van der Waals surface area contributed by atoms with Crippen LogP contribution in [0.5, 0.6) is 0 Å². The Morgan fingerprint density at radius 1 is 1.35 bits per heavy atom. The third kappa shape index (κ3) is 3.82. The van der Waals surface area contributed by atoms with E-state index >= 15 is 0 Å². The van der Waals surface area contributed by atoms with E-state index in [1.165, 1.54) is 4.57 Å². The molecule has 2 aromatic rings. The number of nitriles is 1. The smallest absolute Gasteiger partial charge is 0.269 e. The highest BCUT2D eigenvalue weighted by Crippen LogP contribution is 2.19. The molecule has 118 valence electrons. The number of nitrogens with one attached hydrogen (secondary N) is 1. The fraction of sp³-hybridized carbons (Fsp3) is 0.235. The van der Waals surface area contributed by atoms with Crippen molar-refractivity contribution in [1.29, 1.82) is 5.26 Å². The summed E-state index contributed by atoms with van der Waals surface area (Å²) in [4.78, 5) is 25.5. The molecule has 2 rings (SSSR count). The zero-order valence-electron chi connectivity index (χ0n) is 13.2. The predicted octanol–water partition coefficient (Wildman–Crippen LogP) is 2.70. The Hall–Kier alpha value is -2.52. The fourth-order valence-corrected chi connectivity index (χ4v) is 2.76. The first-order chi connectivity index (χ1) is 11.0. The summed E-state index contributed by atoms with van der Waals surface area (Å²) in [5, 5.41) is 11.9. The molecule has 0 radical (unpaired) electrons. The molecular weight excluding hydrogens is 310 g/mol. The highest BCUT2D eigenvalue weighted by atomic mass is 32.2. The summed E-state index contributed by atoms with van der Waals surface area (Å²) in [5.74, 6) is -0.304. The lowest BCUT2D eigenvalue weighted by atomic mass is 10.1. The molecule has 1 N–H and O–H groups in total. The molecule has 0 atom stereocenters. The minimum absolute atomic E-state index is 0.0766. The molecule has 0 saturated heterocycles. The van der Waals surface area contributed by atoms with Crippen LogP contribution in [0.3, 0.4) is 0 Å². The van der Waals surface area contributed by atoms with Crippen LogP contribution in [0.1, 0.15) is 16.8 Å². The summed E-state index contributed by atoms with van der Waals surface area (Å²) in [7, 11) is 0. The summed E-state index contributed by atoms with van der Waals surface area (Å²) < 4.78 is 1.32. The first-order valence-electron chi connectivity index (χ1n) is 7.01. The molecule has 0 saturated carbocycles. The Morgan fingerprint density at radius 3 is 2.74 bits per heavy atom. The summed E-state index contributed by atoms with van der Waals surface area (Å²) >= 11 is 1.58. The predicted molar refractivity (Wildman–Crippen MR) is 91.7 cm³/mol. The van der Waals surface area contributed by atoms with Crippen LogP contribution in [-0.4, -0.2) is 16.7 Å². The Balaban J connectivity index is 2.24. The minimum Gasteiger partial charge on any atom is -0.324 e. The van der Waals surface area contributed by atoms with E-state index in [4.69, 9.17) is 5.26 Å². The third-order valence-electron chi connectivity index (χ3n) is 3.47. The maximum atomic E-state index is 12.3. The number of nitrogens with zero attached hydrogens (tertiary/aromatic N) is 2. The SMILES string of the molecule is CSc1cccc(NC(=O)Cn2c(C)cc(C)c(C#N)c2=O)c1. The van der Waals surface area contributed by atoms with Crippen LogP contribution in [0.2, 0.25) is 0 Å². The van der Waals surface area contributed by atoms with Gasteiger partial charge in [0.1, 0.15) is 18.2 Å². The van der Waals surface area contributed by atoms with Gasteiger partial charge in [-0.25, -0.2) is 0 Å². The number of aromatic nitrogens is 1. The van der Waals surface area contributed by atoms with Crippen LogP contribution in [0.15, 0.2) is 40.0 Å². The third-order valence-corrected chi connectivity index (χ3v) is 4.20. The van der Waals surface area contributed by atoms with Gasteiger partial charge >= 0.3 is 0 Å². The number of benzene rings is 1. The highest BCUT2D eigenvalue weighted by Gasteiger charge is 2.13. The Bertz CT molecular complexity index is 850. The number of anilines is 1. The van der Waals surface area contributed by atoms with E-state index in [1.807, 2.05) is 30.5 Å². The van der Waals surface area contributed by atoms with Gasteiger partial charge in [-0.05, 0) is 49.9 Å². The van der Waals surface area contributed by atoms with Crippen molar-refractivity contribution in [3.63, 3.8) is 0 Å². The summed E-state index contributed by atoms with van der Waals surface area (Å²) in [6.45, 7) is 3.34. The molecule has 6 heteroatoms. The number of carbonyl (C=O) groups is 1. The zero-order chi connectivity index (χ0) is 17.0. The molecule has 5 nitrogen and oxygen atoms in total. The van der Waals surface area contributed by atoms with Gasteiger partial charge in [-0.2, -0.15) is 5.26 Å². The van der Waals surface area contributed by atoms with E-state index < -0.39 is 5.56 Å². The van der Waals surface area contributed by atoms with E-state index in [0.29, 0.717) is 16.9 Å². The Kier molecular flexibility index (Phi) is 5.24. The lowest BCUT2D eigenvalue weighted by Gasteiger charge is -2.12. The van der Waals surface area contributed by atoms with Crippen LogP contribution in [0.4, 0.5) is 5.69 Å². The van der Waals surface area contributed by atoms with Gasteiger partial charge in [0, 0.05) is 16.3 Å². The monoisotopic (exact) mass is 327 g/mol. The number of aryl methyl sites for hydroxylation is 2. The van der Waals surface area contributed by atoms with E-state index in [-0.39, 0.29) is 18.0 Å². The second-order valence-electron chi connectivity index (χ2n) is 5.13. The van der Waals surface area contributed by atoms with Gasteiger partial charge in [-0.1, -0.05) is 6.07 Å². The lowest BCUT2D eigenvalue weighted by molar-refractivity contribution is -0.116. The van der Waals surface area contributed by atoms with Gasteiger partial charge in [-0.3, -0.25) is 9.59 Å². The largest absolute Gasteiger partial charge is 0.324 e.